The Morgan fingerprint density at radius 2 is 1.95 bits per heavy atom. The maximum absolute atomic E-state index is 9.32. The Morgan fingerprint density at radius 1 is 1.32 bits per heavy atom. The summed E-state index contributed by atoms with van der Waals surface area (Å²) in [5.74, 6) is 0.719. The van der Waals surface area contributed by atoms with Crippen molar-refractivity contribution in [2.24, 2.45) is 11.3 Å². The Morgan fingerprint density at radius 3 is 2.42 bits per heavy atom. The molecule has 0 radical (unpaired) electrons. The quantitative estimate of drug-likeness (QED) is 0.711. The summed E-state index contributed by atoms with van der Waals surface area (Å²) >= 11 is 0. The molecule has 1 fully saturated rings. The third-order valence-electron chi connectivity index (χ3n) is 4.27. The Kier molecular flexibility index (Phi) is 6.78. The molecule has 1 aliphatic carbocycles. The van der Waals surface area contributed by atoms with E-state index in [1.54, 1.807) is 0 Å². The van der Waals surface area contributed by atoms with E-state index in [0.717, 1.165) is 38.4 Å². The Bertz CT molecular complexity index is 244. The predicted molar refractivity (Wildman–Crippen MR) is 82.4 cm³/mol. The van der Waals surface area contributed by atoms with E-state index in [4.69, 9.17) is 0 Å². The van der Waals surface area contributed by atoms with Crippen LogP contribution in [0.3, 0.4) is 0 Å². The van der Waals surface area contributed by atoms with E-state index in [0.29, 0.717) is 11.5 Å². The van der Waals surface area contributed by atoms with Crippen molar-refractivity contribution in [2.75, 3.05) is 26.7 Å². The van der Waals surface area contributed by atoms with Crippen molar-refractivity contribution < 1.29 is 5.11 Å². The minimum atomic E-state index is -0.0213. The fourth-order valence-electron chi connectivity index (χ4n) is 2.89. The van der Waals surface area contributed by atoms with Crippen LogP contribution in [0, 0.1) is 11.3 Å². The van der Waals surface area contributed by atoms with E-state index in [1.165, 1.54) is 12.8 Å². The second-order valence-corrected chi connectivity index (χ2v) is 7.41. The van der Waals surface area contributed by atoms with Gasteiger partial charge in [-0.05, 0) is 57.2 Å². The molecule has 0 saturated heterocycles. The molecule has 0 spiro atoms. The van der Waals surface area contributed by atoms with Crippen LogP contribution in [0.1, 0.15) is 53.4 Å². The number of nitrogens with one attached hydrogen (secondary N) is 1. The van der Waals surface area contributed by atoms with E-state index in [1.807, 2.05) is 0 Å². The second kappa shape index (κ2) is 7.61. The molecule has 19 heavy (non-hydrogen) atoms. The number of hydrogen-bond donors (Lipinski definition) is 2. The highest BCUT2D eigenvalue weighted by molar-refractivity contribution is 4.83. The summed E-state index contributed by atoms with van der Waals surface area (Å²) < 4.78 is 0. The fraction of sp³-hybridized carbons (Fsp3) is 1.00. The minimum Gasteiger partial charge on any atom is -0.393 e. The summed E-state index contributed by atoms with van der Waals surface area (Å²) in [5.41, 5.74) is 0.322. The van der Waals surface area contributed by atoms with Crippen LogP contribution in [0.15, 0.2) is 0 Å². The molecule has 0 heterocycles. The van der Waals surface area contributed by atoms with Gasteiger partial charge in [0.15, 0.2) is 0 Å². The molecule has 1 rings (SSSR count). The highest BCUT2D eigenvalue weighted by atomic mass is 16.3. The zero-order valence-electron chi connectivity index (χ0n) is 13.6. The first-order chi connectivity index (χ1) is 8.82. The van der Waals surface area contributed by atoms with E-state index in [9.17, 15) is 5.11 Å². The topological polar surface area (TPSA) is 35.5 Å². The molecule has 114 valence electrons. The van der Waals surface area contributed by atoms with Crippen LogP contribution >= 0.6 is 0 Å². The molecule has 3 nitrogen and oxygen atoms in total. The lowest BCUT2D eigenvalue weighted by atomic mass is 9.82. The standard InChI is InChI=1S/C16H34N2O/c1-6-8-17-15(16(2,3)4)7-9-18(5)12-13-10-14(19)11-13/h13-15,17,19H,6-12H2,1-5H3. The van der Waals surface area contributed by atoms with E-state index in [-0.39, 0.29) is 6.10 Å². The van der Waals surface area contributed by atoms with E-state index in [2.05, 4.69) is 45.0 Å². The number of rotatable bonds is 8. The lowest BCUT2D eigenvalue weighted by molar-refractivity contribution is 0.0274. The van der Waals surface area contributed by atoms with Gasteiger partial charge in [-0.25, -0.2) is 0 Å². The van der Waals surface area contributed by atoms with Crippen LogP contribution in [0.2, 0.25) is 0 Å². The van der Waals surface area contributed by atoms with Gasteiger partial charge in [0, 0.05) is 12.6 Å². The monoisotopic (exact) mass is 270 g/mol. The van der Waals surface area contributed by atoms with Gasteiger partial charge < -0.3 is 15.3 Å². The molecule has 1 unspecified atom stereocenters. The summed E-state index contributed by atoms with van der Waals surface area (Å²) in [6, 6.07) is 0.585. The largest absolute Gasteiger partial charge is 0.393 e. The SMILES string of the molecule is CCCNC(CCN(C)CC1CC(O)C1)C(C)(C)C. The molecule has 3 heteroatoms. The summed E-state index contributed by atoms with van der Waals surface area (Å²) in [5, 5.41) is 13.0. The van der Waals surface area contributed by atoms with Gasteiger partial charge in [0.25, 0.3) is 0 Å². The number of hydrogen-bond acceptors (Lipinski definition) is 3. The van der Waals surface area contributed by atoms with Crippen LogP contribution in [-0.4, -0.2) is 48.8 Å². The fourth-order valence-corrected chi connectivity index (χ4v) is 2.89. The Labute approximate surface area is 119 Å². The number of nitrogens with zero attached hydrogens (tertiary/aromatic N) is 1. The maximum Gasteiger partial charge on any atom is 0.0546 e. The third-order valence-corrected chi connectivity index (χ3v) is 4.27. The van der Waals surface area contributed by atoms with Gasteiger partial charge in [-0.2, -0.15) is 0 Å². The lowest BCUT2D eigenvalue weighted by Gasteiger charge is -2.36. The van der Waals surface area contributed by atoms with Crippen LogP contribution < -0.4 is 5.32 Å². The van der Waals surface area contributed by atoms with Crippen LogP contribution in [0.4, 0.5) is 0 Å². The molecule has 0 amide bonds. The Balaban J connectivity index is 2.26. The number of aliphatic hydroxyl groups is 1. The molecular formula is C16H34N2O. The average molecular weight is 270 g/mol. The average Bonchev–Trinajstić information content (AvgIpc) is 2.25. The lowest BCUT2D eigenvalue weighted by Crippen LogP contribution is -2.44. The van der Waals surface area contributed by atoms with Gasteiger partial charge in [-0.15, -0.1) is 0 Å². The van der Waals surface area contributed by atoms with Crippen LogP contribution in [-0.2, 0) is 0 Å². The first-order valence-corrected chi connectivity index (χ1v) is 7.93. The van der Waals surface area contributed by atoms with Crippen molar-refractivity contribution in [3.05, 3.63) is 0 Å². The molecule has 0 aromatic rings. The van der Waals surface area contributed by atoms with Gasteiger partial charge in [0.05, 0.1) is 6.10 Å². The molecule has 0 aliphatic heterocycles. The Hall–Kier alpha value is -0.120. The van der Waals surface area contributed by atoms with Gasteiger partial charge in [-0.1, -0.05) is 27.7 Å². The smallest absolute Gasteiger partial charge is 0.0546 e. The van der Waals surface area contributed by atoms with Gasteiger partial charge in [-0.3, -0.25) is 0 Å². The molecule has 1 saturated carbocycles. The normalized spacial score (nSPS) is 25.4. The first kappa shape index (κ1) is 16.9. The molecule has 2 N–H and O–H groups in total. The van der Waals surface area contributed by atoms with Crippen molar-refractivity contribution in [3.63, 3.8) is 0 Å². The van der Waals surface area contributed by atoms with Gasteiger partial charge in [0.1, 0.15) is 0 Å². The zero-order valence-corrected chi connectivity index (χ0v) is 13.6. The minimum absolute atomic E-state index is 0.0213. The summed E-state index contributed by atoms with van der Waals surface area (Å²) in [6.45, 7) is 12.6. The van der Waals surface area contributed by atoms with Crippen LogP contribution in [0.25, 0.3) is 0 Å². The molecule has 1 atom stereocenters. The van der Waals surface area contributed by atoms with E-state index < -0.39 is 0 Å². The van der Waals surface area contributed by atoms with Crippen LogP contribution in [0.5, 0.6) is 0 Å². The predicted octanol–water partition coefficient (Wildman–Crippen LogP) is 2.49. The highest BCUT2D eigenvalue weighted by Crippen LogP contribution is 2.28. The second-order valence-electron chi connectivity index (χ2n) is 7.41. The molecule has 0 aromatic carbocycles. The number of aliphatic hydroxyl groups excluding tert-OH is 1. The molecule has 1 aliphatic rings. The third kappa shape index (κ3) is 6.24. The van der Waals surface area contributed by atoms with E-state index >= 15 is 0 Å². The van der Waals surface area contributed by atoms with Crippen molar-refractivity contribution >= 4 is 0 Å². The summed E-state index contributed by atoms with van der Waals surface area (Å²) in [4.78, 5) is 2.43. The highest BCUT2D eigenvalue weighted by Gasteiger charge is 2.28. The summed E-state index contributed by atoms with van der Waals surface area (Å²) in [7, 11) is 2.21. The first-order valence-electron chi connectivity index (χ1n) is 7.93. The van der Waals surface area contributed by atoms with Gasteiger partial charge in [0.2, 0.25) is 0 Å². The van der Waals surface area contributed by atoms with Crippen molar-refractivity contribution in [2.45, 2.75) is 65.5 Å². The summed E-state index contributed by atoms with van der Waals surface area (Å²) in [6.07, 6.45) is 4.38. The molecular weight excluding hydrogens is 236 g/mol. The van der Waals surface area contributed by atoms with Crippen molar-refractivity contribution in [1.29, 1.82) is 0 Å². The molecule has 0 aromatic heterocycles. The van der Waals surface area contributed by atoms with Crippen molar-refractivity contribution in [3.8, 4) is 0 Å². The molecule has 0 bridgehead atoms. The van der Waals surface area contributed by atoms with Crippen molar-refractivity contribution in [1.82, 2.24) is 10.2 Å². The maximum atomic E-state index is 9.32. The van der Waals surface area contributed by atoms with Gasteiger partial charge >= 0.3 is 0 Å². The zero-order chi connectivity index (χ0) is 14.5.